The lowest BCUT2D eigenvalue weighted by atomic mass is 10.2. The molecule has 0 aliphatic heterocycles. The van der Waals surface area contributed by atoms with Crippen molar-refractivity contribution in [2.75, 3.05) is 7.11 Å². The number of rotatable bonds is 7. The topological polar surface area (TPSA) is 106 Å². The van der Waals surface area contributed by atoms with E-state index in [4.69, 9.17) is 14.3 Å². The van der Waals surface area contributed by atoms with Gasteiger partial charge >= 0.3 is 5.97 Å². The molecule has 1 atom stereocenters. The molecule has 0 amide bonds. The molecule has 0 radical (unpaired) electrons. The fourth-order valence-corrected chi connectivity index (χ4v) is 3.08. The molecule has 1 aromatic heterocycles. The lowest BCUT2D eigenvalue weighted by Crippen LogP contribution is -2.30. The van der Waals surface area contributed by atoms with Crippen molar-refractivity contribution in [3.05, 3.63) is 48.4 Å². The Morgan fingerprint density at radius 3 is 2.50 bits per heavy atom. The number of hydrogen-bond acceptors (Lipinski definition) is 5. The maximum atomic E-state index is 12.3. The summed E-state index contributed by atoms with van der Waals surface area (Å²) in [5.74, 6) is -0.384. The van der Waals surface area contributed by atoms with Crippen LogP contribution in [0.25, 0.3) is 0 Å². The van der Waals surface area contributed by atoms with E-state index in [0.717, 1.165) is 0 Å². The van der Waals surface area contributed by atoms with Crippen LogP contribution < -0.4 is 9.46 Å². The summed E-state index contributed by atoms with van der Waals surface area (Å²) in [5.41, 5.74) is 0. The highest BCUT2D eigenvalue weighted by Gasteiger charge is 2.25. The van der Waals surface area contributed by atoms with Crippen LogP contribution in [0.5, 0.6) is 5.75 Å². The van der Waals surface area contributed by atoms with Crippen LogP contribution in [0.2, 0.25) is 0 Å². The summed E-state index contributed by atoms with van der Waals surface area (Å²) >= 11 is 0. The summed E-state index contributed by atoms with van der Waals surface area (Å²) < 4.78 is 37.1. The molecule has 1 heterocycles. The van der Waals surface area contributed by atoms with Crippen LogP contribution in [-0.4, -0.2) is 26.6 Å². The highest BCUT2D eigenvalue weighted by molar-refractivity contribution is 7.89. The van der Waals surface area contributed by atoms with Gasteiger partial charge in [-0.3, -0.25) is 4.79 Å². The predicted octanol–water partition coefficient (Wildman–Crippen LogP) is 1.78. The normalized spacial score (nSPS) is 12.8. The Balaban J connectivity index is 2.25. The number of nitrogens with one attached hydrogen (secondary N) is 1. The van der Waals surface area contributed by atoms with E-state index < -0.39 is 28.5 Å². The molecular weight excluding hydrogens is 310 g/mol. The summed E-state index contributed by atoms with van der Waals surface area (Å²) in [6.45, 7) is 0. The minimum absolute atomic E-state index is 0.00949. The van der Waals surface area contributed by atoms with Crippen LogP contribution in [0.3, 0.4) is 0 Å². The van der Waals surface area contributed by atoms with E-state index >= 15 is 0 Å². The van der Waals surface area contributed by atoms with Crippen molar-refractivity contribution >= 4 is 16.0 Å². The van der Waals surface area contributed by atoms with Crippen molar-refractivity contribution in [1.82, 2.24) is 4.72 Å². The molecule has 0 spiro atoms. The number of hydrogen-bond donors (Lipinski definition) is 2. The van der Waals surface area contributed by atoms with Gasteiger partial charge in [-0.1, -0.05) is 0 Å². The molecule has 0 fully saturated rings. The Bertz CT molecular complexity index is 721. The van der Waals surface area contributed by atoms with Crippen LogP contribution in [0.1, 0.15) is 18.2 Å². The number of carboxylic acid groups (broad SMARTS) is 1. The molecule has 0 unspecified atom stereocenters. The Morgan fingerprint density at radius 2 is 2.00 bits per heavy atom. The summed E-state index contributed by atoms with van der Waals surface area (Å²) in [6, 6.07) is 7.86. The van der Waals surface area contributed by atoms with Gasteiger partial charge in [-0.15, -0.1) is 0 Å². The van der Waals surface area contributed by atoms with E-state index in [1.807, 2.05) is 0 Å². The number of sulfonamides is 1. The van der Waals surface area contributed by atoms with Gasteiger partial charge in [0.15, 0.2) is 0 Å². The molecular formula is C14H15NO6S. The van der Waals surface area contributed by atoms with Crippen LogP contribution in [0, 0.1) is 0 Å². The Labute approximate surface area is 127 Å². The maximum Gasteiger partial charge on any atom is 0.305 e. The summed E-state index contributed by atoms with van der Waals surface area (Å²) in [5, 5.41) is 8.93. The summed E-state index contributed by atoms with van der Waals surface area (Å²) in [4.78, 5) is 10.9. The molecule has 2 aromatic rings. The average Bonchev–Trinajstić information content (AvgIpc) is 3.00. The van der Waals surface area contributed by atoms with Crippen molar-refractivity contribution < 1.29 is 27.5 Å². The second-order valence-corrected chi connectivity index (χ2v) is 6.18. The third kappa shape index (κ3) is 3.86. The largest absolute Gasteiger partial charge is 0.497 e. The van der Waals surface area contributed by atoms with Gasteiger partial charge < -0.3 is 14.3 Å². The van der Waals surface area contributed by atoms with Crippen molar-refractivity contribution in [3.8, 4) is 5.75 Å². The predicted molar refractivity (Wildman–Crippen MR) is 77.0 cm³/mol. The van der Waals surface area contributed by atoms with Gasteiger partial charge in [0.25, 0.3) is 0 Å². The number of ether oxygens (including phenoxy) is 1. The molecule has 2 N–H and O–H groups in total. The first kappa shape index (κ1) is 16.1. The van der Waals surface area contributed by atoms with E-state index in [-0.39, 0.29) is 10.7 Å². The van der Waals surface area contributed by atoms with E-state index in [2.05, 4.69) is 4.72 Å². The fourth-order valence-electron chi connectivity index (χ4n) is 1.87. The Kier molecular flexibility index (Phi) is 4.84. The van der Waals surface area contributed by atoms with E-state index in [1.165, 1.54) is 43.7 Å². The molecule has 22 heavy (non-hydrogen) atoms. The zero-order valence-corrected chi connectivity index (χ0v) is 12.5. The highest BCUT2D eigenvalue weighted by atomic mass is 32.2. The van der Waals surface area contributed by atoms with Crippen molar-refractivity contribution in [1.29, 1.82) is 0 Å². The lowest BCUT2D eigenvalue weighted by molar-refractivity contribution is -0.137. The highest BCUT2D eigenvalue weighted by Crippen LogP contribution is 2.22. The number of aliphatic carboxylic acids is 1. The van der Waals surface area contributed by atoms with Crippen LogP contribution in [0.15, 0.2) is 52.0 Å². The van der Waals surface area contributed by atoms with E-state index in [0.29, 0.717) is 5.75 Å². The van der Waals surface area contributed by atoms with Crippen LogP contribution in [0.4, 0.5) is 0 Å². The molecule has 0 saturated heterocycles. The SMILES string of the molecule is COc1ccc(S(=O)(=O)N[C@@H](CC(=O)O)c2ccco2)cc1. The maximum absolute atomic E-state index is 12.3. The quantitative estimate of drug-likeness (QED) is 0.804. The van der Waals surface area contributed by atoms with Crippen molar-refractivity contribution in [2.45, 2.75) is 17.4 Å². The molecule has 2 rings (SSSR count). The first-order valence-corrected chi connectivity index (χ1v) is 7.82. The summed E-state index contributed by atoms with van der Waals surface area (Å²) in [6.07, 6.45) is 0.925. The zero-order chi connectivity index (χ0) is 16.2. The molecule has 0 aliphatic carbocycles. The van der Waals surface area contributed by atoms with Crippen molar-refractivity contribution in [2.24, 2.45) is 0 Å². The number of furan rings is 1. The lowest BCUT2D eigenvalue weighted by Gasteiger charge is -2.15. The molecule has 8 heteroatoms. The van der Waals surface area contributed by atoms with Gasteiger partial charge in [-0.25, -0.2) is 8.42 Å². The molecule has 118 valence electrons. The van der Waals surface area contributed by atoms with Gasteiger partial charge in [0, 0.05) is 0 Å². The molecule has 7 nitrogen and oxygen atoms in total. The minimum Gasteiger partial charge on any atom is -0.497 e. The summed E-state index contributed by atoms with van der Waals surface area (Å²) in [7, 11) is -2.41. The second kappa shape index (κ2) is 6.63. The average molecular weight is 325 g/mol. The number of benzene rings is 1. The van der Waals surface area contributed by atoms with Crippen LogP contribution >= 0.6 is 0 Å². The monoisotopic (exact) mass is 325 g/mol. The van der Waals surface area contributed by atoms with Gasteiger partial charge in [0.2, 0.25) is 10.0 Å². The first-order chi connectivity index (χ1) is 10.4. The number of carboxylic acids is 1. The molecule has 1 aromatic carbocycles. The molecule has 0 bridgehead atoms. The second-order valence-electron chi connectivity index (χ2n) is 4.46. The standard InChI is InChI=1S/C14H15NO6S/c1-20-10-4-6-11(7-5-10)22(18,19)15-12(9-14(16)17)13-3-2-8-21-13/h2-8,12,15H,9H2,1H3,(H,16,17)/t12-/m0/s1. The molecule has 0 saturated carbocycles. The fraction of sp³-hybridized carbons (Fsp3) is 0.214. The third-order valence-corrected chi connectivity index (χ3v) is 4.42. The van der Waals surface area contributed by atoms with E-state index in [9.17, 15) is 13.2 Å². The van der Waals surface area contributed by atoms with E-state index in [1.54, 1.807) is 6.07 Å². The number of methoxy groups -OCH3 is 1. The van der Waals surface area contributed by atoms with Crippen molar-refractivity contribution in [3.63, 3.8) is 0 Å². The van der Waals surface area contributed by atoms with Gasteiger partial charge in [-0.2, -0.15) is 4.72 Å². The number of carbonyl (C=O) groups is 1. The smallest absolute Gasteiger partial charge is 0.305 e. The third-order valence-electron chi connectivity index (χ3n) is 2.93. The van der Waals surface area contributed by atoms with Crippen LogP contribution in [-0.2, 0) is 14.8 Å². The Morgan fingerprint density at radius 1 is 1.32 bits per heavy atom. The van der Waals surface area contributed by atoms with Gasteiger partial charge in [0.1, 0.15) is 11.5 Å². The zero-order valence-electron chi connectivity index (χ0n) is 11.7. The minimum atomic E-state index is -3.89. The van der Waals surface area contributed by atoms with Gasteiger partial charge in [0.05, 0.1) is 30.7 Å². The van der Waals surface area contributed by atoms with Gasteiger partial charge in [-0.05, 0) is 36.4 Å². The first-order valence-electron chi connectivity index (χ1n) is 6.34. The Hall–Kier alpha value is -2.32. The molecule has 0 aliphatic rings.